The molecule has 0 aliphatic heterocycles. The van der Waals surface area contributed by atoms with Crippen LogP contribution < -0.4 is 16.6 Å². The number of hydrazine groups is 1. The van der Waals surface area contributed by atoms with Crippen molar-refractivity contribution < 1.29 is 0 Å². The van der Waals surface area contributed by atoms with Crippen molar-refractivity contribution in [2.45, 2.75) is 32.7 Å². The van der Waals surface area contributed by atoms with Gasteiger partial charge in [-0.25, -0.2) is 5.84 Å². The number of nitrogens with one attached hydrogen (secondary N) is 2. The summed E-state index contributed by atoms with van der Waals surface area (Å²) in [4.78, 5) is 3.91. The average Bonchev–Trinajstić information content (AvgIpc) is 2.00. The van der Waals surface area contributed by atoms with Crippen molar-refractivity contribution in [2.24, 2.45) is 10.8 Å². The minimum atomic E-state index is 0.0429. The smallest absolute Gasteiger partial charge is 0.205 e. The molecule has 0 heterocycles. The first-order chi connectivity index (χ1) is 5.05. The van der Waals surface area contributed by atoms with E-state index in [1.54, 1.807) is 7.05 Å². The number of nitrogens with zero attached hydrogens (tertiary/aromatic N) is 1. The molecule has 0 bridgehead atoms. The van der Waals surface area contributed by atoms with Crippen molar-refractivity contribution in [1.82, 2.24) is 10.7 Å². The maximum absolute atomic E-state index is 5.20. The highest BCUT2D eigenvalue weighted by Gasteiger charge is 2.15. The average molecular weight is 158 g/mol. The summed E-state index contributed by atoms with van der Waals surface area (Å²) in [7, 11) is 1.69. The predicted molar refractivity (Wildman–Crippen MR) is 48.2 cm³/mol. The van der Waals surface area contributed by atoms with Crippen LogP contribution in [0.15, 0.2) is 4.99 Å². The second kappa shape index (κ2) is 4.18. The molecular weight excluding hydrogens is 140 g/mol. The minimum Gasteiger partial charge on any atom is -0.350 e. The molecule has 0 spiro atoms. The molecule has 0 radical (unpaired) electrons. The molecular formula is C7H18N4. The summed E-state index contributed by atoms with van der Waals surface area (Å²) in [5, 5.41) is 3.16. The molecule has 0 saturated heterocycles. The number of guanidine groups is 1. The van der Waals surface area contributed by atoms with E-state index in [0.717, 1.165) is 6.42 Å². The molecule has 0 aromatic rings. The normalized spacial score (nSPS) is 13.0. The van der Waals surface area contributed by atoms with E-state index in [1.165, 1.54) is 0 Å². The molecule has 66 valence electrons. The zero-order valence-electron chi connectivity index (χ0n) is 7.73. The molecule has 0 aromatic heterocycles. The number of aliphatic imine (C=N–C) groups is 1. The summed E-state index contributed by atoms with van der Waals surface area (Å²) < 4.78 is 0. The number of hydrogen-bond acceptors (Lipinski definition) is 2. The van der Waals surface area contributed by atoms with Gasteiger partial charge in [0, 0.05) is 12.6 Å². The minimum absolute atomic E-state index is 0.0429. The van der Waals surface area contributed by atoms with E-state index in [2.05, 4.69) is 36.5 Å². The third-order valence-electron chi connectivity index (χ3n) is 1.70. The van der Waals surface area contributed by atoms with Crippen LogP contribution in [-0.2, 0) is 0 Å². The van der Waals surface area contributed by atoms with Gasteiger partial charge in [-0.2, -0.15) is 0 Å². The molecule has 0 unspecified atom stereocenters. The van der Waals surface area contributed by atoms with Gasteiger partial charge in [-0.05, 0) is 20.3 Å². The lowest BCUT2D eigenvalue weighted by atomic mass is 10.0. The van der Waals surface area contributed by atoms with Gasteiger partial charge in [0.05, 0.1) is 0 Å². The Labute approximate surface area is 68.2 Å². The van der Waals surface area contributed by atoms with Gasteiger partial charge in [0.2, 0.25) is 5.96 Å². The lowest BCUT2D eigenvalue weighted by Gasteiger charge is -2.25. The van der Waals surface area contributed by atoms with Crippen molar-refractivity contribution in [3.05, 3.63) is 0 Å². The Bertz CT molecular complexity index is 139. The summed E-state index contributed by atoms with van der Waals surface area (Å²) in [6.45, 7) is 6.29. The molecule has 0 aromatic carbocycles. The van der Waals surface area contributed by atoms with Crippen LogP contribution in [0.2, 0.25) is 0 Å². The molecule has 11 heavy (non-hydrogen) atoms. The Morgan fingerprint density at radius 3 is 2.36 bits per heavy atom. The summed E-state index contributed by atoms with van der Waals surface area (Å²) in [5.41, 5.74) is 2.52. The highest BCUT2D eigenvalue weighted by atomic mass is 15.3. The van der Waals surface area contributed by atoms with Gasteiger partial charge in [-0.1, -0.05) is 6.92 Å². The fraction of sp³-hybridized carbons (Fsp3) is 0.857. The van der Waals surface area contributed by atoms with Gasteiger partial charge in [0.25, 0.3) is 0 Å². The summed E-state index contributed by atoms with van der Waals surface area (Å²) in [5.74, 6) is 5.82. The van der Waals surface area contributed by atoms with Crippen LogP contribution >= 0.6 is 0 Å². The van der Waals surface area contributed by atoms with Crippen LogP contribution in [0.3, 0.4) is 0 Å². The quantitative estimate of drug-likeness (QED) is 0.233. The van der Waals surface area contributed by atoms with Crippen molar-refractivity contribution in [3.63, 3.8) is 0 Å². The zero-order chi connectivity index (χ0) is 8.91. The van der Waals surface area contributed by atoms with E-state index in [9.17, 15) is 0 Å². The van der Waals surface area contributed by atoms with Gasteiger partial charge in [0.1, 0.15) is 0 Å². The topological polar surface area (TPSA) is 62.4 Å². The van der Waals surface area contributed by atoms with E-state index in [0.29, 0.717) is 5.96 Å². The highest BCUT2D eigenvalue weighted by molar-refractivity contribution is 5.79. The molecule has 0 aliphatic rings. The van der Waals surface area contributed by atoms with Crippen LogP contribution in [0.4, 0.5) is 0 Å². The van der Waals surface area contributed by atoms with Crippen molar-refractivity contribution >= 4 is 5.96 Å². The lowest BCUT2D eigenvalue weighted by Crippen LogP contribution is -2.51. The fourth-order valence-corrected chi connectivity index (χ4v) is 0.565. The van der Waals surface area contributed by atoms with Crippen LogP contribution in [0.5, 0.6) is 0 Å². The molecule has 0 atom stereocenters. The van der Waals surface area contributed by atoms with Gasteiger partial charge in [0.15, 0.2) is 0 Å². The second-order valence-electron chi connectivity index (χ2n) is 3.08. The van der Waals surface area contributed by atoms with Gasteiger partial charge in [-0.3, -0.25) is 10.4 Å². The predicted octanol–water partition coefficient (Wildman–Crippen LogP) is 0.214. The zero-order valence-corrected chi connectivity index (χ0v) is 7.73. The van der Waals surface area contributed by atoms with E-state index >= 15 is 0 Å². The third-order valence-corrected chi connectivity index (χ3v) is 1.70. The monoisotopic (exact) mass is 158 g/mol. The molecule has 4 nitrogen and oxygen atoms in total. The van der Waals surface area contributed by atoms with Crippen LogP contribution in [0, 0.1) is 0 Å². The molecule has 0 fully saturated rings. The lowest BCUT2D eigenvalue weighted by molar-refractivity contribution is 0.439. The van der Waals surface area contributed by atoms with E-state index in [1.807, 2.05) is 0 Å². The van der Waals surface area contributed by atoms with Gasteiger partial charge in [-0.15, -0.1) is 0 Å². The Balaban J connectivity index is 4.01. The van der Waals surface area contributed by atoms with E-state index in [-0.39, 0.29) is 5.54 Å². The Kier molecular flexibility index (Phi) is 3.89. The Morgan fingerprint density at radius 2 is 2.09 bits per heavy atom. The third kappa shape index (κ3) is 3.83. The van der Waals surface area contributed by atoms with Crippen molar-refractivity contribution in [1.29, 1.82) is 0 Å². The molecule has 0 aliphatic carbocycles. The molecule has 4 N–H and O–H groups in total. The second-order valence-corrected chi connectivity index (χ2v) is 3.08. The molecule has 4 heteroatoms. The number of rotatable bonds is 2. The van der Waals surface area contributed by atoms with Crippen LogP contribution in [-0.4, -0.2) is 18.5 Å². The first-order valence-electron chi connectivity index (χ1n) is 3.77. The molecule has 0 amide bonds. The maximum Gasteiger partial charge on any atom is 0.205 e. The first-order valence-corrected chi connectivity index (χ1v) is 3.77. The number of nitrogens with two attached hydrogens (primary N) is 1. The summed E-state index contributed by atoms with van der Waals surface area (Å²) in [6, 6.07) is 0. The largest absolute Gasteiger partial charge is 0.350 e. The summed E-state index contributed by atoms with van der Waals surface area (Å²) >= 11 is 0. The number of hydrogen-bond donors (Lipinski definition) is 3. The standard InChI is InChI=1S/C7H18N4/c1-5-7(2,3)10-6(9-4)11-8/h5,8H2,1-4H3,(H2,9,10,11). The van der Waals surface area contributed by atoms with Gasteiger partial charge >= 0.3 is 0 Å². The van der Waals surface area contributed by atoms with Crippen molar-refractivity contribution in [3.8, 4) is 0 Å². The maximum atomic E-state index is 5.20. The van der Waals surface area contributed by atoms with Gasteiger partial charge < -0.3 is 5.32 Å². The van der Waals surface area contributed by atoms with E-state index < -0.39 is 0 Å². The van der Waals surface area contributed by atoms with Crippen LogP contribution in [0.1, 0.15) is 27.2 Å². The first kappa shape index (κ1) is 10.2. The molecule has 0 saturated carbocycles. The SMILES string of the molecule is CCC(C)(C)NC(=NC)NN. The molecule has 0 rings (SSSR count). The van der Waals surface area contributed by atoms with E-state index in [4.69, 9.17) is 5.84 Å². The Morgan fingerprint density at radius 1 is 1.55 bits per heavy atom. The fourth-order valence-electron chi connectivity index (χ4n) is 0.565. The summed E-state index contributed by atoms with van der Waals surface area (Å²) in [6.07, 6.45) is 1.02. The Hall–Kier alpha value is -0.770. The highest BCUT2D eigenvalue weighted by Crippen LogP contribution is 2.05. The van der Waals surface area contributed by atoms with Crippen LogP contribution in [0.25, 0.3) is 0 Å². The van der Waals surface area contributed by atoms with Crippen molar-refractivity contribution in [2.75, 3.05) is 7.05 Å².